The van der Waals surface area contributed by atoms with Crippen molar-refractivity contribution in [1.82, 2.24) is 0 Å². The van der Waals surface area contributed by atoms with Crippen LogP contribution < -0.4 is 5.32 Å². The van der Waals surface area contributed by atoms with Gasteiger partial charge in [-0.05, 0) is 37.1 Å². The molecule has 2 aromatic carbocycles. The molecule has 1 aliphatic heterocycles. The Morgan fingerprint density at radius 3 is 2.59 bits per heavy atom. The number of hydrogen-bond acceptors (Lipinski definition) is 4. The number of allylic oxidation sites excluding steroid dienone is 3. The van der Waals surface area contributed by atoms with Gasteiger partial charge in [0.15, 0.2) is 5.78 Å². The predicted molar refractivity (Wildman–Crippen MR) is 112 cm³/mol. The molecule has 27 heavy (non-hydrogen) atoms. The molecule has 3 nitrogen and oxygen atoms in total. The van der Waals surface area contributed by atoms with E-state index in [0.717, 1.165) is 45.0 Å². The summed E-state index contributed by atoms with van der Waals surface area (Å²) in [5, 5.41) is 13.3. The van der Waals surface area contributed by atoms with E-state index in [0.29, 0.717) is 0 Å². The first kappa shape index (κ1) is 17.7. The summed E-state index contributed by atoms with van der Waals surface area (Å²) in [7, 11) is 0. The van der Waals surface area contributed by atoms with Crippen LogP contribution in [0.25, 0.3) is 5.70 Å². The maximum absolute atomic E-state index is 13.3. The van der Waals surface area contributed by atoms with Crippen LogP contribution in [0.3, 0.4) is 0 Å². The summed E-state index contributed by atoms with van der Waals surface area (Å²) in [5.41, 5.74) is 5.27. The second kappa shape index (κ2) is 7.12. The lowest BCUT2D eigenvalue weighted by molar-refractivity contribution is 0.103. The first-order valence-electron chi connectivity index (χ1n) is 9.08. The first-order valence-corrected chi connectivity index (χ1v) is 9.96. The van der Waals surface area contributed by atoms with Gasteiger partial charge in [-0.15, -0.1) is 11.8 Å². The van der Waals surface area contributed by atoms with Crippen molar-refractivity contribution in [3.8, 4) is 0 Å². The van der Waals surface area contributed by atoms with Crippen molar-refractivity contribution in [3.63, 3.8) is 0 Å². The van der Waals surface area contributed by atoms with E-state index in [1.165, 1.54) is 0 Å². The second-order valence-electron chi connectivity index (χ2n) is 6.68. The molecule has 0 radical (unpaired) electrons. The number of Topliss-reactive ketones (excluding diaryl/α,β-unsaturated/α-hetero) is 1. The Morgan fingerprint density at radius 1 is 1.15 bits per heavy atom. The van der Waals surface area contributed by atoms with Crippen molar-refractivity contribution in [2.45, 2.75) is 30.4 Å². The van der Waals surface area contributed by atoms with Crippen molar-refractivity contribution in [1.29, 1.82) is 0 Å². The molecule has 1 heterocycles. The molecule has 136 valence electrons. The van der Waals surface area contributed by atoms with Gasteiger partial charge in [-0.2, -0.15) is 0 Å². The lowest BCUT2D eigenvalue weighted by atomic mass is 9.99. The molecule has 4 rings (SSSR count). The number of fused-ring (bicyclic) bond motifs is 3. The highest BCUT2D eigenvalue weighted by molar-refractivity contribution is 8.00. The minimum atomic E-state index is -0.182. The number of ketones is 1. The largest absolute Gasteiger partial charge is 0.513 e. The molecule has 1 atom stereocenters. The lowest BCUT2D eigenvalue weighted by Crippen LogP contribution is -2.16. The number of hydrogen-bond donors (Lipinski definition) is 2. The number of thioether (sulfide) groups is 1. The molecule has 2 aliphatic rings. The van der Waals surface area contributed by atoms with Crippen LogP contribution in [0.15, 0.2) is 82.5 Å². The molecule has 2 aromatic rings. The predicted octanol–water partition coefficient (Wildman–Crippen LogP) is 5.98. The average molecular weight is 375 g/mol. The molecule has 0 aromatic heterocycles. The van der Waals surface area contributed by atoms with Gasteiger partial charge in [0.05, 0.1) is 22.4 Å². The lowest BCUT2D eigenvalue weighted by Gasteiger charge is -2.18. The van der Waals surface area contributed by atoms with Crippen LogP contribution in [0.5, 0.6) is 0 Å². The Bertz CT molecular complexity index is 1010. The topological polar surface area (TPSA) is 49.3 Å². The fraction of sp³-hybridized carbons (Fsp3) is 0.174. The zero-order valence-electron chi connectivity index (χ0n) is 15.3. The van der Waals surface area contributed by atoms with Gasteiger partial charge < -0.3 is 10.4 Å². The SMILES string of the molecule is CC/C=C(\C=C(/C)O)C1Sc2ccccc2NC2=C1C(=O)c1ccccc12. The molecule has 1 unspecified atom stereocenters. The van der Waals surface area contributed by atoms with E-state index >= 15 is 0 Å². The molecule has 1 aliphatic carbocycles. The normalized spacial score (nSPS) is 19.2. The van der Waals surface area contributed by atoms with Crippen molar-refractivity contribution in [2.75, 3.05) is 5.32 Å². The van der Waals surface area contributed by atoms with Gasteiger partial charge in [0.2, 0.25) is 0 Å². The van der Waals surface area contributed by atoms with Gasteiger partial charge in [-0.25, -0.2) is 0 Å². The van der Waals surface area contributed by atoms with Gasteiger partial charge in [-0.1, -0.05) is 49.4 Å². The molecule has 0 amide bonds. The summed E-state index contributed by atoms with van der Waals surface area (Å²) in [6.07, 6.45) is 4.69. The Balaban J connectivity index is 1.95. The molecule has 0 spiro atoms. The maximum Gasteiger partial charge on any atom is 0.193 e. The summed E-state index contributed by atoms with van der Waals surface area (Å²) in [6, 6.07) is 15.9. The minimum absolute atomic E-state index is 0.0596. The molecule has 0 fully saturated rings. The zero-order valence-corrected chi connectivity index (χ0v) is 16.1. The monoisotopic (exact) mass is 375 g/mol. The van der Waals surface area contributed by atoms with Crippen molar-refractivity contribution >= 4 is 28.9 Å². The molecule has 0 saturated heterocycles. The van der Waals surface area contributed by atoms with E-state index in [1.54, 1.807) is 24.8 Å². The smallest absolute Gasteiger partial charge is 0.193 e. The van der Waals surface area contributed by atoms with Crippen LogP contribution in [0.2, 0.25) is 0 Å². The van der Waals surface area contributed by atoms with Crippen molar-refractivity contribution in [2.24, 2.45) is 0 Å². The quantitative estimate of drug-likeness (QED) is 0.512. The molecule has 2 N–H and O–H groups in total. The highest BCUT2D eigenvalue weighted by atomic mass is 32.2. The third kappa shape index (κ3) is 3.10. The molecule has 0 bridgehead atoms. The van der Waals surface area contributed by atoms with Crippen LogP contribution >= 0.6 is 11.8 Å². The van der Waals surface area contributed by atoms with Gasteiger partial charge in [0.1, 0.15) is 0 Å². The van der Waals surface area contributed by atoms with Crippen LogP contribution in [0, 0.1) is 0 Å². The van der Waals surface area contributed by atoms with Crippen molar-refractivity contribution < 1.29 is 9.90 Å². The third-order valence-corrected chi connectivity index (χ3v) is 6.08. The zero-order chi connectivity index (χ0) is 19.0. The molecule has 0 saturated carbocycles. The number of nitrogens with one attached hydrogen (secondary N) is 1. The fourth-order valence-electron chi connectivity index (χ4n) is 3.63. The summed E-state index contributed by atoms with van der Waals surface area (Å²) >= 11 is 1.65. The summed E-state index contributed by atoms with van der Waals surface area (Å²) in [4.78, 5) is 14.4. The van der Waals surface area contributed by atoms with Crippen LogP contribution in [0.4, 0.5) is 5.69 Å². The highest BCUT2D eigenvalue weighted by Gasteiger charge is 2.38. The van der Waals surface area contributed by atoms with Crippen LogP contribution in [-0.2, 0) is 0 Å². The standard InChI is InChI=1S/C23H21NO2S/c1-3-8-15(13-14(2)25)23-20-21(16-9-4-5-10-17(16)22(20)26)24-18-11-6-7-12-19(18)27-23/h4-13,23-25H,3H2,1-2H3/b14-13+,15-8+. The second-order valence-corrected chi connectivity index (χ2v) is 7.83. The molecule has 4 heteroatoms. The molecular formula is C23H21NO2S. The summed E-state index contributed by atoms with van der Waals surface area (Å²) < 4.78 is 0. The molecular weight excluding hydrogens is 354 g/mol. The highest BCUT2D eigenvalue weighted by Crippen LogP contribution is 2.48. The number of carbonyl (C=O) groups excluding carboxylic acids is 1. The average Bonchev–Trinajstić information content (AvgIpc) is 2.83. The Morgan fingerprint density at radius 2 is 1.85 bits per heavy atom. The Kier molecular flexibility index (Phi) is 4.66. The van der Waals surface area contributed by atoms with Gasteiger partial charge in [0, 0.05) is 21.6 Å². The number of aliphatic hydroxyl groups is 1. The number of aliphatic hydroxyl groups excluding tert-OH is 1. The Labute approximate surface area is 163 Å². The van der Waals surface area contributed by atoms with Gasteiger partial charge >= 0.3 is 0 Å². The van der Waals surface area contributed by atoms with Crippen LogP contribution in [0.1, 0.15) is 36.2 Å². The van der Waals surface area contributed by atoms with E-state index in [1.807, 2.05) is 42.5 Å². The first-order chi connectivity index (χ1) is 13.1. The van der Waals surface area contributed by atoms with E-state index < -0.39 is 0 Å². The number of benzene rings is 2. The van der Waals surface area contributed by atoms with E-state index in [2.05, 4.69) is 24.4 Å². The third-order valence-electron chi connectivity index (χ3n) is 4.73. The van der Waals surface area contributed by atoms with Crippen LogP contribution in [-0.4, -0.2) is 16.1 Å². The minimum Gasteiger partial charge on any atom is -0.513 e. The van der Waals surface area contributed by atoms with Crippen molar-refractivity contribution in [3.05, 3.63) is 88.7 Å². The fourth-order valence-corrected chi connectivity index (χ4v) is 4.93. The summed E-state index contributed by atoms with van der Waals surface area (Å²) in [6.45, 7) is 3.73. The number of para-hydroxylation sites is 1. The van der Waals surface area contributed by atoms with E-state index in [9.17, 15) is 9.90 Å². The summed E-state index contributed by atoms with van der Waals surface area (Å²) in [5.74, 6) is 0.301. The van der Waals surface area contributed by atoms with Gasteiger partial charge in [0.25, 0.3) is 0 Å². The number of rotatable bonds is 3. The number of carbonyl (C=O) groups is 1. The van der Waals surface area contributed by atoms with E-state index in [4.69, 9.17) is 0 Å². The van der Waals surface area contributed by atoms with Gasteiger partial charge in [-0.3, -0.25) is 4.79 Å². The maximum atomic E-state index is 13.3. The number of anilines is 1. The van der Waals surface area contributed by atoms with E-state index in [-0.39, 0.29) is 16.8 Å². The Hall–Kier alpha value is -2.72.